The molecule has 0 spiro atoms. The Morgan fingerprint density at radius 3 is 2.73 bits per heavy atom. The molecule has 1 aliphatic rings. The molecule has 1 saturated heterocycles. The zero-order valence-electron chi connectivity index (χ0n) is 11.4. The number of thioether (sulfide) groups is 1. The van der Waals surface area contributed by atoms with E-state index in [-0.39, 0.29) is 18.2 Å². The van der Waals surface area contributed by atoms with Crippen LogP contribution in [-0.2, 0) is 9.59 Å². The lowest BCUT2D eigenvalue weighted by molar-refractivity contribution is -0.122. The Hall–Kier alpha value is -1.50. The highest BCUT2D eigenvalue weighted by molar-refractivity contribution is 8.15. The monoisotopic (exact) mass is 357 g/mol. The summed E-state index contributed by atoms with van der Waals surface area (Å²) >= 11 is 13.0. The number of amides is 2. The number of nitrogens with zero attached hydrogens (tertiary/aromatic N) is 1. The second-order valence-corrected chi connectivity index (χ2v) is 6.50. The summed E-state index contributed by atoms with van der Waals surface area (Å²) < 4.78 is 0. The Balaban J connectivity index is 1.94. The van der Waals surface area contributed by atoms with Gasteiger partial charge in [-0.05, 0) is 18.2 Å². The van der Waals surface area contributed by atoms with Crippen LogP contribution in [-0.4, -0.2) is 28.8 Å². The Kier molecular flexibility index (Phi) is 5.88. The number of amidine groups is 1. The minimum atomic E-state index is -0.502. The summed E-state index contributed by atoms with van der Waals surface area (Å²) in [5.41, 5.74) is 0.492. The van der Waals surface area contributed by atoms with Crippen LogP contribution in [0.15, 0.2) is 35.8 Å². The average molecular weight is 358 g/mol. The lowest BCUT2D eigenvalue weighted by atomic mass is 10.2. The summed E-state index contributed by atoms with van der Waals surface area (Å²) in [5.74, 6) is -0.525. The van der Waals surface area contributed by atoms with E-state index in [9.17, 15) is 9.59 Å². The molecule has 2 rings (SSSR count). The summed E-state index contributed by atoms with van der Waals surface area (Å²) in [4.78, 5) is 27.9. The molecule has 116 valence electrons. The van der Waals surface area contributed by atoms with Crippen LogP contribution in [0.2, 0.25) is 10.0 Å². The predicted octanol–water partition coefficient (Wildman–Crippen LogP) is 3.10. The Labute approximate surface area is 142 Å². The first kappa shape index (κ1) is 16.9. The quantitative estimate of drug-likeness (QED) is 0.795. The Bertz CT molecular complexity index is 629. The van der Waals surface area contributed by atoms with Gasteiger partial charge in [0.25, 0.3) is 0 Å². The fourth-order valence-corrected chi connectivity index (χ4v) is 3.27. The van der Waals surface area contributed by atoms with Gasteiger partial charge in [0.15, 0.2) is 5.17 Å². The first-order chi connectivity index (χ1) is 10.5. The van der Waals surface area contributed by atoms with Crippen LogP contribution in [0.25, 0.3) is 0 Å². The molecule has 0 bridgehead atoms. The van der Waals surface area contributed by atoms with Gasteiger partial charge in [0, 0.05) is 22.2 Å². The molecule has 2 N–H and O–H groups in total. The number of anilines is 1. The van der Waals surface area contributed by atoms with Crippen LogP contribution >= 0.6 is 35.0 Å². The maximum absolute atomic E-state index is 12.0. The number of hydrogen-bond donors (Lipinski definition) is 2. The molecule has 0 aromatic heterocycles. The van der Waals surface area contributed by atoms with Crippen LogP contribution in [0.3, 0.4) is 0 Å². The van der Waals surface area contributed by atoms with E-state index >= 15 is 0 Å². The molecule has 1 heterocycles. The minimum absolute atomic E-state index is 0.0355. The molecule has 1 fully saturated rings. The maximum Gasteiger partial charge on any atom is 0.240 e. The normalized spacial score (nSPS) is 19.1. The molecule has 0 unspecified atom stereocenters. The van der Waals surface area contributed by atoms with Gasteiger partial charge in [0.2, 0.25) is 11.8 Å². The van der Waals surface area contributed by atoms with Gasteiger partial charge in [-0.1, -0.05) is 41.0 Å². The zero-order chi connectivity index (χ0) is 16.1. The standard InChI is InChI=1S/C14H13Cl2N3O2S/c1-2-3-17-14-19-13(21)11(22-14)7-12(20)18-10-5-8(15)4-9(16)6-10/h2,4-6,11H,1,3,7H2,(H,18,20)(H,17,19,21)/t11-/m0/s1. The topological polar surface area (TPSA) is 70.6 Å². The van der Waals surface area contributed by atoms with Gasteiger partial charge < -0.3 is 10.6 Å². The SMILES string of the molecule is C=CCN=C1NC(=O)[C@H](CC(=O)Nc2cc(Cl)cc(Cl)c2)S1. The zero-order valence-corrected chi connectivity index (χ0v) is 13.8. The number of carbonyl (C=O) groups excluding carboxylic acids is 2. The molecule has 0 saturated carbocycles. The summed E-state index contributed by atoms with van der Waals surface area (Å²) in [6.07, 6.45) is 1.66. The molecule has 8 heteroatoms. The Morgan fingerprint density at radius 2 is 2.09 bits per heavy atom. The number of aliphatic imine (C=N–C) groups is 1. The first-order valence-corrected chi connectivity index (χ1v) is 8.00. The van der Waals surface area contributed by atoms with E-state index in [2.05, 4.69) is 22.2 Å². The third-order valence-electron chi connectivity index (χ3n) is 2.66. The summed E-state index contributed by atoms with van der Waals surface area (Å²) in [6, 6.07) is 4.75. The van der Waals surface area contributed by atoms with Gasteiger partial charge in [-0.2, -0.15) is 0 Å². The third kappa shape index (κ3) is 4.76. The van der Waals surface area contributed by atoms with Crippen molar-refractivity contribution < 1.29 is 9.59 Å². The van der Waals surface area contributed by atoms with E-state index in [1.165, 1.54) is 11.8 Å². The summed E-state index contributed by atoms with van der Waals surface area (Å²) in [5, 5.41) is 6.16. The van der Waals surface area contributed by atoms with Crippen molar-refractivity contribution in [3.63, 3.8) is 0 Å². The second-order valence-electron chi connectivity index (χ2n) is 4.44. The van der Waals surface area contributed by atoms with Crippen LogP contribution < -0.4 is 10.6 Å². The van der Waals surface area contributed by atoms with Gasteiger partial charge in [0.05, 0.1) is 6.54 Å². The van der Waals surface area contributed by atoms with E-state index in [0.29, 0.717) is 27.4 Å². The predicted molar refractivity (Wildman–Crippen MR) is 91.7 cm³/mol. The lowest BCUT2D eigenvalue weighted by Crippen LogP contribution is -2.28. The molecule has 0 radical (unpaired) electrons. The van der Waals surface area contributed by atoms with E-state index < -0.39 is 5.25 Å². The molecule has 5 nitrogen and oxygen atoms in total. The number of benzene rings is 1. The number of nitrogens with one attached hydrogen (secondary N) is 2. The average Bonchev–Trinajstić information content (AvgIpc) is 2.75. The van der Waals surface area contributed by atoms with Crippen LogP contribution in [0, 0.1) is 0 Å². The number of rotatable bonds is 5. The van der Waals surface area contributed by atoms with Gasteiger partial charge >= 0.3 is 0 Å². The molecular formula is C14H13Cl2N3O2S. The molecule has 22 heavy (non-hydrogen) atoms. The molecule has 1 aromatic rings. The van der Waals surface area contributed by atoms with Crippen molar-refractivity contribution in [2.45, 2.75) is 11.7 Å². The molecule has 0 aliphatic carbocycles. The summed E-state index contributed by atoms with van der Waals surface area (Å²) in [6.45, 7) is 3.97. The molecule has 1 aromatic carbocycles. The Morgan fingerprint density at radius 1 is 1.41 bits per heavy atom. The third-order valence-corrected chi connectivity index (χ3v) is 4.21. The summed E-state index contributed by atoms with van der Waals surface area (Å²) in [7, 11) is 0. The number of hydrogen-bond acceptors (Lipinski definition) is 4. The van der Waals surface area contributed by atoms with E-state index in [1.54, 1.807) is 24.3 Å². The van der Waals surface area contributed by atoms with E-state index in [4.69, 9.17) is 23.2 Å². The lowest BCUT2D eigenvalue weighted by Gasteiger charge is -2.08. The first-order valence-electron chi connectivity index (χ1n) is 6.36. The molecule has 1 aliphatic heterocycles. The van der Waals surface area contributed by atoms with Crippen molar-refractivity contribution in [2.75, 3.05) is 11.9 Å². The highest BCUT2D eigenvalue weighted by Gasteiger charge is 2.31. The highest BCUT2D eigenvalue weighted by Crippen LogP contribution is 2.25. The number of halogens is 2. The largest absolute Gasteiger partial charge is 0.326 e. The number of carbonyl (C=O) groups is 2. The maximum atomic E-state index is 12.0. The van der Waals surface area contributed by atoms with Crippen LogP contribution in [0.1, 0.15) is 6.42 Å². The highest BCUT2D eigenvalue weighted by atomic mass is 35.5. The fourth-order valence-electron chi connectivity index (χ4n) is 1.77. The van der Waals surface area contributed by atoms with Crippen molar-refractivity contribution in [1.82, 2.24) is 5.32 Å². The molecular weight excluding hydrogens is 345 g/mol. The van der Waals surface area contributed by atoms with Crippen molar-refractivity contribution in [1.29, 1.82) is 0 Å². The van der Waals surface area contributed by atoms with Gasteiger partial charge in [-0.25, -0.2) is 0 Å². The van der Waals surface area contributed by atoms with Crippen molar-refractivity contribution in [2.24, 2.45) is 4.99 Å². The smallest absolute Gasteiger partial charge is 0.240 e. The minimum Gasteiger partial charge on any atom is -0.326 e. The van der Waals surface area contributed by atoms with E-state index in [1.807, 2.05) is 0 Å². The van der Waals surface area contributed by atoms with E-state index in [0.717, 1.165) is 0 Å². The van der Waals surface area contributed by atoms with Gasteiger partial charge in [0.1, 0.15) is 5.25 Å². The van der Waals surface area contributed by atoms with Crippen LogP contribution in [0.5, 0.6) is 0 Å². The van der Waals surface area contributed by atoms with Crippen molar-refractivity contribution in [3.05, 3.63) is 40.9 Å². The van der Waals surface area contributed by atoms with Crippen molar-refractivity contribution in [3.8, 4) is 0 Å². The molecule has 2 amide bonds. The van der Waals surface area contributed by atoms with Gasteiger partial charge in [-0.15, -0.1) is 6.58 Å². The van der Waals surface area contributed by atoms with Crippen molar-refractivity contribution >= 4 is 57.6 Å². The fraction of sp³-hybridized carbons (Fsp3) is 0.214. The van der Waals surface area contributed by atoms with Gasteiger partial charge in [-0.3, -0.25) is 14.6 Å². The van der Waals surface area contributed by atoms with Crippen LogP contribution in [0.4, 0.5) is 5.69 Å². The second kappa shape index (κ2) is 7.67. The molecule has 1 atom stereocenters.